The van der Waals surface area contributed by atoms with E-state index in [1.165, 1.54) is 0 Å². The molecule has 1 unspecified atom stereocenters. The number of hydrogen-bond donors (Lipinski definition) is 0. The van der Waals surface area contributed by atoms with E-state index in [1.54, 1.807) is 0 Å². The standard InChI is InChI=1S/C4F10O2S/c5-1(6,3(9,10)11)2(7,8)4(12,13)17(14,15)16/p+1. The summed E-state index contributed by atoms with van der Waals surface area (Å²) in [4.78, 5) is 0. The lowest BCUT2D eigenvalue weighted by atomic mass is 10.1. The third kappa shape index (κ3) is 2.15. The summed E-state index contributed by atoms with van der Waals surface area (Å²) in [6.07, 6.45) is -7.16. The molecule has 17 heavy (non-hydrogen) atoms. The van der Waals surface area contributed by atoms with Crippen molar-refractivity contribution in [1.29, 1.82) is 0 Å². The van der Waals surface area contributed by atoms with Gasteiger partial charge in [-0.2, -0.15) is 43.7 Å². The first-order valence-electron chi connectivity index (χ1n) is 3.16. The summed E-state index contributed by atoms with van der Waals surface area (Å²) < 4.78 is 135. The van der Waals surface area contributed by atoms with Gasteiger partial charge in [0.1, 0.15) is 0 Å². The molecule has 0 bridgehead atoms. The summed E-state index contributed by atoms with van der Waals surface area (Å²) in [6.45, 7) is 0. The molecule has 0 rings (SSSR count). The van der Waals surface area contributed by atoms with Crippen LogP contribution in [0.25, 0.3) is 0 Å². The molecule has 1 atom stereocenters. The van der Waals surface area contributed by atoms with Gasteiger partial charge in [0.15, 0.2) is 0 Å². The average molecular weight is 303 g/mol. The van der Waals surface area contributed by atoms with E-state index in [1.807, 2.05) is 0 Å². The lowest BCUT2D eigenvalue weighted by Gasteiger charge is -2.29. The Hall–Kier alpha value is -0.750. The quantitative estimate of drug-likeness (QED) is 0.449. The Morgan fingerprint density at radius 2 is 1.06 bits per heavy atom. The molecule has 0 aromatic heterocycles. The van der Waals surface area contributed by atoms with Crippen LogP contribution in [-0.2, 0) is 10.2 Å². The second kappa shape index (κ2) is 3.62. The van der Waals surface area contributed by atoms with E-state index in [4.69, 9.17) is 4.21 Å². The molecular formula is C4HF10O2S+. The molecule has 0 aliphatic heterocycles. The molecule has 0 saturated carbocycles. The third-order valence-electron chi connectivity index (χ3n) is 1.43. The largest absolute Gasteiger partial charge is 0.520 e. The van der Waals surface area contributed by atoms with E-state index in [-0.39, 0.29) is 0 Å². The van der Waals surface area contributed by atoms with Crippen LogP contribution < -0.4 is 0 Å². The Balaban J connectivity index is 5.91. The molecule has 0 aliphatic carbocycles. The summed E-state index contributed by atoms with van der Waals surface area (Å²) in [5.41, 5.74) is 0. The van der Waals surface area contributed by atoms with Crippen LogP contribution in [0, 0.1) is 0 Å². The Labute approximate surface area is 86.4 Å². The summed E-state index contributed by atoms with van der Waals surface area (Å²) in [5, 5.41) is -7.11. The molecule has 0 aromatic carbocycles. The van der Waals surface area contributed by atoms with Gasteiger partial charge in [0.05, 0.1) is 0 Å². The minimum atomic E-state index is -7.43. The molecule has 0 heterocycles. The molecule has 0 saturated heterocycles. The monoisotopic (exact) mass is 303 g/mol. The van der Waals surface area contributed by atoms with E-state index in [2.05, 4.69) is 0 Å². The van der Waals surface area contributed by atoms with Gasteiger partial charge in [0.2, 0.25) is 0 Å². The van der Waals surface area contributed by atoms with Gasteiger partial charge in [-0.25, -0.2) is 0 Å². The van der Waals surface area contributed by atoms with Crippen molar-refractivity contribution in [2.45, 2.75) is 23.3 Å². The van der Waals surface area contributed by atoms with Gasteiger partial charge < -0.3 is 0 Å². The van der Waals surface area contributed by atoms with Crippen LogP contribution in [0.5, 0.6) is 0 Å². The Kier molecular flexibility index (Phi) is 3.46. The molecular weight excluding hydrogens is 302 g/mol. The van der Waals surface area contributed by atoms with Crippen molar-refractivity contribution in [2.24, 2.45) is 0 Å². The third-order valence-corrected chi connectivity index (χ3v) is 2.32. The second-order valence-corrected chi connectivity index (χ2v) is 4.05. The van der Waals surface area contributed by atoms with Gasteiger partial charge in [0.25, 0.3) is 0 Å². The number of halogens is 10. The molecule has 0 spiro atoms. The van der Waals surface area contributed by atoms with Gasteiger partial charge in [-0.05, 0) is 0 Å². The molecule has 104 valence electrons. The first-order chi connectivity index (χ1) is 7.00. The highest BCUT2D eigenvalue weighted by Gasteiger charge is 2.87. The van der Waals surface area contributed by atoms with E-state index < -0.39 is 33.5 Å². The maximum Gasteiger partial charge on any atom is 0.520 e. The Bertz CT molecular complexity index is 391. The zero-order valence-corrected chi connectivity index (χ0v) is 7.86. The molecule has 0 radical (unpaired) electrons. The molecule has 0 aromatic rings. The Morgan fingerprint density at radius 3 is 1.24 bits per heavy atom. The first kappa shape index (κ1) is 16.2. The van der Waals surface area contributed by atoms with E-state index in [9.17, 15) is 47.6 Å². The number of rotatable bonds is 3. The highest BCUT2D eigenvalue weighted by molar-refractivity contribution is 7.87. The van der Waals surface area contributed by atoms with Crippen molar-refractivity contribution < 1.29 is 51.8 Å². The van der Waals surface area contributed by atoms with Crippen LogP contribution in [0.1, 0.15) is 0 Å². The average Bonchev–Trinajstić information content (AvgIpc) is 1.98. The molecule has 0 fully saturated rings. The summed E-state index contributed by atoms with van der Waals surface area (Å²) in [5.74, 6) is -14.8. The normalized spacial score (nSPS) is 18.9. The lowest BCUT2D eigenvalue weighted by Crippen LogP contribution is -2.62. The summed E-state index contributed by atoms with van der Waals surface area (Å²) in [6, 6.07) is 0. The van der Waals surface area contributed by atoms with E-state index in [0.717, 1.165) is 0 Å². The van der Waals surface area contributed by atoms with E-state index in [0.29, 0.717) is 0 Å². The van der Waals surface area contributed by atoms with Gasteiger partial charge in [-0.15, -0.1) is 4.21 Å². The SMILES string of the molecule is O=S(=[OH+])(F)C(F)(F)C(F)(F)C(F)(F)C(F)(F)F. The van der Waals surface area contributed by atoms with Gasteiger partial charge in [-0.3, -0.25) is 0 Å². The lowest BCUT2D eigenvalue weighted by molar-refractivity contribution is -0.382. The van der Waals surface area contributed by atoms with Gasteiger partial charge in [0, 0.05) is 0 Å². The topological polar surface area (TPSA) is 38.5 Å². The van der Waals surface area contributed by atoms with Gasteiger partial charge in [-0.1, -0.05) is 3.89 Å². The van der Waals surface area contributed by atoms with Crippen LogP contribution in [0.4, 0.5) is 43.4 Å². The van der Waals surface area contributed by atoms with Crippen LogP contribution in [0.2, 0.25) is 0 Å². The predicted molar refractivity (Wildman–Crippen MR) is 32.1 cm³/mol. The van der Waals surface area contributed by atoms with Crippen molar-refractivity contribution in [3.8, 4) is 0 Å². The van der Waals surface area contributed by atoms with Crippen LogP contribution in [0.15, 0.2) is 0 Å². The molecule has 0 aliphatic rings. The maximum atomic E-state index is 12.2. The predicted octanol–water partition coefficient (Wildman–Crippen LogP) is 2.87. The number of hydrogen-bond acceptors (Lipinski definition) is 1. The summed E-state index contributed by atoms with van der Waals surface area (Å²) in [7, 11) is -7.42. The van der Waals surface area contributed by atoms with Crippen molar-refractivity contribution in [3.05, 3.63) is 0 Å². The molecule has 1 N–H and O–H groups in total. The first-order valence-corrected chi connectivity index (χ1v) is 4.57. The molecule has 0 amide bonds. The zero-order valence-electron chi connectivity index (χ0n) is 7.04. The fourth-order valence-corrected chi connectivity index (χ4v) is 0.963. The van der Waals surface area contributed by atoms with Crippen LogP contribution in [0.3, 0.4) is 0 Å². The minimum Gasteiger partial charge on any atom is -0.196 e. The highest BCUT2D eigenvalue weighted by Crippen LogP contribution is 2.54. The van der Waals surface area contributed by atoms with Crippen molar-refractivity contribution in [2.75, 3.05) is 0 Å². The highest BCUT2D eigenvalue weighted by atomic mass is 32.3. The van der Waals surface area contributed by atoms with Gasteiger partial charge >= 0.3 is 33.5 Å². The molecule has 13 heteroatoms. The van der Waals surface area contributed by atoms with Crippen molar-refractivity contribution in [3.63, 3.8) is 0 Å². The fraction of sp³-hybridized carbons (Fsp3) is 1.00. The van der Waals surface area contributed by atoms with Crippen LogP contribution >= 0.6 is 0 Å². The molecule has 2 nitrogen and oxygen atoms in total. The Morgan fingerprint density at radius 1 is 0.765 bits per heavy atom. The van der Waals surface area contributed by atoms with E-state index >= 15 is 0 Å². The zero-order chi connectivity index (χ0) is 14.5. The smallest absolute Gasteiger partial charge is 0.196 e. The second-order valence-electron chi connectivity index (χ2n) is 2.62. The van der Waals surface area contributed by atoms with Crippen molar-refractivity contribution in [1.82, 2.24) is 0 Å². The maximum absolute atomic E-state index is 12.2. The van der Waals surface area contributed by atoms with Crippen LogP contribution in [-0.4, -0.2) is 31.7 Å². The fourth-order valence-electron chi connectivity index (χ4n) is 0.519. The summed E-state index contributed by atoms with van der Waals surface area (Å²) >= 11 is 0. The minimum absolute atomic E-state index is 7.11. The number of alkyl halides is 9. The van der Waals surface area contributed by atoms with Crippen molar-refractivity contribution >= 4 is 10.2 Å².